The largest absolute Gasteiger partial charge is 0.484 e. The average Bonchev–Trinajstić information content (AvgIpc) is 3.05. The van der Waals surface area contributed by atoms with Gasteiger partial charge in [-0.1, -0.05) is 53.2 Å². The standard InChI is InChI=1S/C18H16Cl2N2O2S/c1-11-3-4-12(2)16(7-11)23-9-17-21-22-18(24-17)25-10-13-5-6-14(19)15(20)8-13/h3-8H,9-10H2,1-2H3. The lowest BCUT2D eigenvalue weighted by molar-refractivity contribution is 0.250. The summed E-state index contributed by atoms with van der Waals surface area (Å²) in [4.78, 5) is 0. The molecule has 130 valence electrons. The van der Waals surface area contributed by atoms with Crippen molar-refractivity contribution in [2.45, 2.75) is 31.4 Å². The van der Waals surface area contributed by atoms with Crippen LogP contribution in [0.3, 0.4) is 0 Å². The van der Waals surface area contributed by atoms with Gasteiger partial charge >= 0.3 is 0 Å². The van der Waals surface area contributed by atoms with E-state index in [0.29, 0.717) is 26.9 Å². The number of aromatic nitrogens is 2. The maximum Gasteiger partial charge on any atom is 0.277 e. The van der Waals surface area contributed by atoms with Crippen molar-refractivity contribution in [2.24, 2.45) is 0 Å². The zero-order chi connectivity index (χ0) is 17.8. The molecule has 0 atom stereocenters. The molecule has 0 aliphatic rings. The van der Waals surface area contributed by atoms with E-state index in [0.717, 1.165) is 22.4 Å². The first kappa shape index (κ1) is 18.1. The number of nitrogens with zero attached hydrogens (tertiary/aromatic N) is 2. The molecule has 0 aliphatic heterocycles. The number of rotatable bonds is 6. The van der Waals surface area contributed by atoms with Crippen LogP contribution in [0.2, 0.25) is 10.0 Å². The zero-order valence-electron chi connectivity index (χ0n) is 13.8. The lowest BCUT2D eigenvalue weighted by Gasteiger charge is -2.07. The number of hydrogen-bond acceptors (Lipinski definition) is 5. The van der Waals surface area contributed by atoms with Crippen LogP contribution in [0.15, 0.2) is 46.0 Å². The van der Waals surface area contributed by atoms with E-state index in [2.05, 4.69) is 10.2 Å². The van der Waals surface area contributed by atoms with Gasteiger partial charge in [0.05, 0.1) is 10.0 Å². The minimum atomic E-state index is 0.241. The van der Waals surface area contributed by atoms with E-state index in [9.17, 15) is 0 Å². The fraction of sp³-hybridized carbons (Fsp3) is 0.222. The minimum Gasteiger partial charge on any atom is -0.484 e. The van der Waals surface area contributed by atoms with Crippen molar-refractivity contribution in [3.8, 4) is 5.75 Å². The smallest absolute Gasteiger partial charge is 0.277 e. The lowest BCUT2D eigenvalue weighted by atomic mass is 10.1. The predicted molar refractivity (Wildman–Crippen MR) is 101 cm³/mol. The van der Waals surface area contributed by atoms with Crippen LogP contribution in [-0.2, 0) is 12.4 Å². The van der Waals surface area contributed by atoms with Crippen LogP contribution < -0.4 is 4.74 Å². The molecule has 3 aromatic rings. The lowest BCUT2D eigenvalue weighted by Crippen LogP contribution is -1.97. The number of thioether (sulfide) groups is 1. The van der Waals surface area contributed by atoms with E-state index in [4.69, 9.17) is 32.4 Å². The molecule has 0 amide bonds. The van der Waals surface area contributed by atoms with Crippen molar-refractivity contribution in [3.05, 3.63) is 69.0 Å². The van der Waals surface area contributed by atoms with Crippen molar-refractivity contribution in [1.29, 1.82) is 0 Å². The molecule has 0 saturated carbocycles. The number of hydrogen-bond donors (Lipinski definition) is 0. The van der Waals surface area contributed by atoms with E-state index in [1.54, 1.807) is 6.07 Å². The van der Waals surface area contributed by atoms with E-state index < -0.39 is 0 Å². The van der Waals surface area contributed by atoms with Gasteiger partial charge < -0.3 is 9.15 Å². The molecule has 0 bridgehead atoms. The van der Waals surface area contributed by atoms with Crippen molar-refractivity contribution in [1.82, 2.24) is 10.2 Å². The second-order valence-corrected chi connectivity index (χ2v) is 7.30. The Labute approximate surface area is 160 Å². The highest BCUT2D eigenvalue weighted by Crippen LogP contribution is 2.27. The highest BCUT2D eigenvalue weighted by atomic mass is 35.5. The summed E-state index contributed by atoms with van der Waals surface area (Å²) < 4.78 is 11.4. The van der Waals surface area contributed by atoms with Gasteiger partial charge in [0.15, 0.2) is 6.61 Å². The Morgan fingerprint density at radius 2 is 1.88 bits per heavy atom. The number of benzene rings is 2. The second kappa shape index (κ2) is 8.13. The van der Waals surface area contributed by atoms with Crippen LogP contribution in [-0.4, -0.2) is 10.2 Å². The number of halogens is 2. The first-order valence-electron chi connectivity index (χ1n) is 7.60. The molecule has 0 N–H and O–H groups in total. The summed E-state index contributed by atoms with van der Waals surface area (Å²) in [6, 6.07) is 11.6. The van der Waals surface area contributed by atoms with Gasteiger partial charge in [0, 0.05) is 5.75 Å². The minimum absolute atomic E-state index is 0.241. The molecule has 7 heteroatoms. The van der Waals surface area contributed by atoms with Gasteiger partial charge in [0.1, 0.15) is 5.75 Å². The van der Waals surface area contributed by atoms with Gasteiger partial charge in [-0.05, 0) is 48.7 Å². The van der Waals surface area contributed by atoms with Gasteiger partial charge in [-0.15, -0.1) is 10.2 Å². The quantitative estimate of drug-likeness (QED) is 0.489. The second-order valence-electron chi connectivity index (χ2n) is 5.56. The third-order valence-electron chi connectivity index (χ3n) is 3.49. The van der Waals surface area contributed by atoms with Crippen molar-refractivity contribution < 1.29 is 9.15 Å². The Morgan fingerprint density at radius 1 is 1.04 bits per heavy atom. The Hall–Kier alpha value is -1.69. The first-order valence-corrected chi connectivity index (χ1v) is 9.34. The van der Waals surface area contributed by atoms with Crippen molar-refractivity contribution in [2.75, 3.05) is 0 Å². The van der Waals surface area contributed by atoms with Gasteiger partial charge in [0.25, 0.3) is 11.1 Å². The third-order valence-corrected chi connectivity index (χ3v) is 5.12. The molecule has 0 aliphatic carbocycles. The molecule has 3 rings (SSSR count). The molecule has 0 unspecified atom stereocenters. The molecule has 0 saturated heterocycles. The van der Waals surface area contributed by atoms with E-state index >= 15 is 0 Å². The molecule has 1 aromatic heterocycles. The summed E-state index contributed by atoms with van der Waals surface area (Å²) in [6.45, 7) is 4.27. The van der Waals surface area contributed by atoms with Crippen LogP contribution in [0.4, 0.5) is 0 Å². The van der Waals surface area contributed by atoms with Crippen LogP contribution >= 0.6 is 35.0 Å². The predicted octanol–water partition coefficient (Wildman–Crippen LogP) is 5.86. The summed E-state index contributed by atoms with van der Waals surface area (Å²) in [7, 11) is 0. The summed E-state index contributed by atoms with van der Waals surface area (Å²) in [5.74, 6) is 1.93. The number of ether oxygens (including phenoxy) is 1. The van der Waals surface area contributed by atoms with Crippen LogP contribution in [0.1, 0.15) is 22.6 Å². The maximum absolute atomic E-state index is 6.01. The molecule has 2 aromatic carbocycles. The molecular weight excluding hydrogens is 379 g/mol. The molecular formula is C18H16Cl2N2O2S. The molecule has 4 nitrogen and oxygen atoms in total. The normalized spacial score (nSPS) is 10.9. The van der Waals surface area contributed by atoms with E-state index in [-0.39, 0.29) is 6.61 Å². The van der Waals surface area contributed by atoms with Crippen LogP contribution in [0, 0.1) is 13.8 Å². The summed E-state index contributed by atoms with van der Waals surface area (Å²) >= 11 is 13.4. The van der Waals surface area contributed by atoms with Crippen LogP contribution in [0.5, 0.6) is 5.75 Å². The summed E-state index contributed by atoms with van der Waals surface area (Å²) in [5.41, 5.74) is 3.24. The van der Waals surface area contributed by atoms with Gasteiger partial charge in [-0.25, -0.2) is 0 Å². The highest BCUT2D eigenvalue weighted by Gasteiger charge is 2.09. The Balaban J connectivity index is 1.57. The van der Waals surface area contributed by atoms with E-state index in [1.165, 1.54) is 11.8 Å². The third kappa shape index (κ3) is 4.91. The fourth-order valence-corrected chi connectivity index (χ4v) is 3.18. The zero-order valence-corrected chi connectivity index (χ0v) is 16.1. The topological polar surface area (TPSA) is 48.2 Å². The molecule has 1 heterocycles. The van der Waals surface area contributed by atoms with E-state index in [1.807, 2.05) is 44.2 Å². The van der Waals surface area contributed by atoms with Gasteiger partial charge in [-0.3, -0.25) is 0 Å². The van der Waals surface area contributed by atoms with Crippen molar-refractivity contribution >= 4 is 35.0 Å². The molecule has 0 radical (unpaired) electrons. The first-order chi connectivity index (χ1) is 12.0. The molecule has 0 spiro atoms. The Bertz CT molecular complexity index is 883. The summed E-state index contributed by atoms with van der Waals surface area (Å²) in [6.07, 6.45) is 0. The number of aryl methyl sites for hydroxylation is 2. The van der Waals surface area contributed by atoms with Gasteiger partial charge in [-0.2, -0.15) is 0 Å². The molecule has 0 fully saturated rings. The van der Waals surface area contributed by atoms with Crippen molar-refractivity contribution in [3.63, 3.8) is 0 Å². The van der Waals surface area contributed by atoms with Crippen LogP contribution in [0.25, 0.3) is 0 Å². The Kier molecular flexibility index (Phi) is 5.89. The fourth-order valence-electron chi connectivity index (χ4n) is 2.13. The average molecular weight is 395 g/mol. The Morgan fingerprint density at radius 3 is 2.68 bits per heavy atom. The SMILES string of the molecule is Cc1ccc(C)c(OCc2nnc(SCc3ccc(Cl)c(Cl)c3)o2)c1. The molecule has 25 heavy (non-hydrogen) atoms. The summed E-state index contributed by atoms with van der Waals surface area (Å²) in [5, 5.41) is 9.62. The maximum atomic E-state index is 6.01. The van der Waals surface area contributed by atoms with Gasteiger partial charge in [0.2, 0.25) is 0 Å². The highest BCUT2D eigenvalue weighted by molar-refractivity contribution is 7.98. The monoisotopic (exact) mass is 394 g/mol.